The normalized spacial score (nSPS) is 10.3. The summed E-state index contributed by atoms with van der Waals surface area (Å²) in [6, 6.07) is 7.00. The predicted octanol–water partition coefficient (Wildman–Crippen LogP) is 0.819. The van der Waals surface area contributed by atoms with E-state index in [0.29, 0.717) is 10.9 Å². The van der Waals surface area contributed by atoms with Crippen molar-refractivity contribution in [2.75, 3.05) is 7.11 Å². The number of benzene rings is 1. The molecule has 1 aromatic carbocycles. The number of fused-ring (bicyclic) bond motifs is 1. The summed E-state index contributed by atoms with van der Waals surface area (Å²) in [6.45, 7) is 0. The molecular formula is C11H10N2O3. The summed E-state index contributed by atoms with van der Waals surface area (Å²) in [6.07, 6.45) is 1.37. The summed E-state index contributed by atoms with van der Waals surface area (Å²) in [7, 11) is 1.31. The average molecular weight is 218 g/mol. The smallest absolute Gasteiger partial charge is 0.280 e. The lowest BCUT2D eigenvalue weighted by Gasteiger charge is -2.02. The molecule has 1 aromatic heterocycles. The van der Waals surface area contributed by atoms with E-state index in [4.69, 9.17) is 0 Å². The minimum absolute atomic E-state index is 0.0283. The maximum Gasteiger partial charge on any atom is 0.280 e. The second-order valence-electron chi connectivity index (χ2n) is 3.21. The molecule has 0 aliphatic heterocycles. The Morgan fingerprint density at radius 1 is 1.38 bits per heavy atom. The first-order chi connectivity index (χ1) is 7.74. The van der Waals surface area contributed by atoms with Crippen LogP contribution in [0.2, 0.25) is 0 Å². The van der Waals surface area contributed by atoms with Crippen LogP contribution < -0.4 is 10.9 Å². The third kappa shape index (κ3) is 1.68. The van der Waals surface area contributed by atoms with E-state index in [1.165, 1.54) is 13.3 Å². The van der Waals surface area contributed by atoms with Crippen LogP contribution in [0.3, 0.4) is 0 Å². The molecule has 0 unspecified atom stereocenters. The Morgan fingerprint density at radius 2 is 2.12 bits per heavy atom. The van der Waals surface area contributed by atoms with Gasteiger partial charge in [-0.25, -0.2) is 5.48 Å². The molecule has 0 saturated heterocycles. The maximum absolute atomic E-state index is 11.9. The second kappa shape index (κ2) is 4.16. The second-order valence-corrected chi connectivity index (χ2v) is 3.21. The van der Waals surface area contributed by atoms with Crippen LogP contribution in [0.1, 0.15) is 10.4 Å². The highest BCUT2D eigenvalue weighted by atomic mass is 16.6. The van der Waals surface area contributed by atoms with Crippen LogP contribution in [-0.2, 0) is 4.84 Å². The molecule has 1 amide bonds. The van der Waals surface area contributed by atoms with E-state index in [0.717, 1.165) is 0 Å². The standard InChI is InChI=1S/C11H10N2O3/c1-16-13-11(15)8-6-12-9-5-3-2-4-7(9)10(8)14/h2-6H,1H3,(H,12,14)(H,13,15). The fourth-order valence-electron chi connectivity index (χ4n) is 1.48. The van der Waals surface area contributed by atoms with E-state index < -0.39 is 5.91 Å². The molecule has 0 atom stereocenters. The molecule has 0 bridgehead atoms. The zero-order valence-electron chi connectivity index (χ0n) is 8.61. The van der Waals surface area contributed by atoms with Gasteiger partial charge in [-0.2, -0.15) is 0 Å². The molecule has 0 saturated carbocycles. The highest BCUT2D eigenvalue weighted by Gasteiger charge is 2.11. The Kier molecular flexibility index (Phi) is 2.70. The first-order valence-electron chi connectivity index (χ1n) is 4.68. The summed E-state index contributed by atoms with van der Waals surface area (Å²) in [5.74, 6) is -0.561. The SMILES string of the molecule is CONC(=O)c1c[nH]c2ccccc2c1=O. The molecular weight excluding hydrogens is 208 g/mol. The summed E-state index contributed by atoms with van der Waals surface area (Å²) >= 11 is 0. The quantitative estimate of drug-likeness (QED) is 0.733. The fourth-order valence-corrected chi connectivity index (χ4v) is 1.48. The number of hydrogen-bond acceptors (Lipinski definition) is 3. The molecule has 5 heteroatoms. The van der Waals surface area contributed by atoms with Gasteiger partial charge in [-0.15, -0.1) is 0 Å². The highest BCUT2D eigenvalue weighted by Crippen LogP contribution is 2.06. The third-order valence-electron chi connectivity index (χ3n) is 2.23. The van der Waals surface area contributed by atoms with Gasteiger partial charge in [0.05, 0.1) is 7.11 Å². The van der Waals surface area contributed by atoms with Gasteiger partial charge in [-0.1, -0.05) is 12.1 Å². The van der Waals surface area contributed by atoms with E-state index in [9.17, 15) is 9.59 Å². The van der Waals surface area contributed by atoms with Crippen molar-refractivity contribution < 1.29 is 9.63 Å². The number of H-pyrrole nitrogens is 1. The van der Waals surface area contributed by atoms with Gasteiger partial charge in [0.25, 0.3) is 5.91 Å². The van der Waals surface area contributed by atoms with Crippen molar-refractivity contribution in [3.05, 3.63) is 46.2 Å². The lowest BCUT2D eigenvalue weighted by molar-refractivity contribution is 0.0536. The minimum Gasteiger partial charge on any atom is -0.360 e. The van der Waals surface area contributed by atoms with Gasteiger partial charge in [0.2, 0.25) is 5.43 Å². The van der Waals surface area contributed by atoms with Gasteiger partial charge in [-0.3, -0.25) is 14.4 Å². The number of hydroxylamine groups is 1. The Hall–Kier alpha value is -2.14. The molecule has 16 heavy (non-hydrogen) atoms. The molecule has 2 rings (SSSR count). The van der Waals surface area contributed by atoms with E-state index in [-0.39, 0.29) is 11.0 Å². The number of rotatable bonds is 2. The number of hydrogen-bond donors (Lipinski definition) is 2. The molecule has 0 spiro atoms. The van der Waals surface area contributed by atoms with E-state index in [1.807, 2.05) is 6.07 Å². The van der Waals surface area contributed by atoms with Crippen LogP contribution in [0.15, 0.2) is 35.3 Å². The third-order valence-corrected chi connectivity index (χ3v) is 2.23. The van der Waals surface area contributed by atoms with Crippen LogP contribution in [0, 0.1) is 0 Å². The van der Waals surface area contributed by atoms with Crippen molar-refractivity contribution in [1.29, 1.82) is 0 Å². The van der Waals surface area contributed by atoms with E-state index in [2.05, 4.69) is 15.3 Å². The van der Waals surface area contributed by atoms with Crippen LogP contribution >= 0.6 is 0 Å². The van der Waals surface area contributed by atoms with Crippen molar-refractivity contribution >= 4 is 16.8 Å². The monoisotopic (exact) mass is 218 g/mol. The number of aromatic amines is 1. The van der Waals surface area contributed by atoms with Crippen molar-refractivity contribution in [3.63, 3.8) is 0 Å². The largest absolute Gasteiger partial charge is 0.360 e. The lowest BCUT2D eigenvalue weighted by Crippen LogP contribution is -2.27. The molecule has 82 valence electrons. The highest BCUT2D eigenvalue weighted by molar-refractivity contribution is 5.96. The van der Waals surface area contributed by atoms with Gasteiger partial charge in [0.15, 0.2) is 0 Å². The number of nitrogens with one attached hydrogen (secondary N) is 2. The molecule has 2 N–H and O–H groups in total. The molecule has 1 heterocycles. The van der Waals surface area contributed by atoms with Crippen LogP contribution in [0.25, 0.3) is 10.9 Å². The number of carbonyl (C=O) groups excluding carboxylic acids is 1. The van der Waals surface area contributed by atoms with Crippen LogP contribution in [-0.4, -0.2) is 18.0 Å². The molecule has 5 nitrogen and oxygen atoms in total. The predicted molar refractivity (Wildman–Crippen MR) is 59.0 cm³/mol. The minimum atomic E-state index is -0.561. The zero-order valence-corrected chi connectivity index (χ0v) is 8.61. The summed E-state index contributed by atoms with van der Waals surface area (Å²) < 4.78 is 0. The summed E-state index contributed by atoms with van der Waals surface area (Å²) in [5.41, 5.74) is 2.52. The molecule has 0 fully saturated rings. The number of aromatic nitrogens is 1. The number of para-hydroxylation sites is 1. The summed E-state index contributed by atoms with van der Waals surface area (Å²) in [4.78, 5) is 30.7. The maximum atomic E-state index is 11.9. The Labute approximate surface area is 91.0 Å². The fraction of sp³-hybridized carbons (Fsp3) is 0.0909. The molecule has 0 aliphatic rings. The Balaban J connectivity index is 2.61. The lowest BCUT2D eigenvalue weighted by atomic mass is 10.1. The van der Waals surface area contributed by atoms with Crippen LogP contribution in [0.4, 0.5) is 0 Å². The van der Waals surface area contributed by atoms with Gasteiger partial charge < -0.3 is 4.98 Å². The first-order valence-corrected chi connectivity index (χ1v) is 4.68. The molecule has 2 aromatic rings. The van der Waals surface area contributed by atoms with Crippen molar-refractivity contribution in [1.82, 2.24) is 10.5 Å². The average Bonchev–Trinajstić information content (AvgIpc) is 2.30. The molecule has 0 radical (unpaired) electrons. The Morgan fingerprint density at radius 3 is 2.88 bits per heavy atom. The van der Waals surface area contributed by atoms with Gasteiger partial charge in [0.1, 0.15) is 5.56 Å². The summed E-state index contributed by atoms with van der Waals surface area (Å²) in [5, 5.41) is 0.478. The van der Waals surface area contributed by atoms with Crippen molar-refractivity contribution in [2.24, 2.45) is 0 Å². The Bertz CT molecular complexity index is 589. The van der Waals surface area contributed by atoms with Crippen molar-refractivity contribution in [2.45, 2.75) is 0 Å². The van der Waals surface area contributed by atoms with Gasteiger partial charge >= 0.3 is 0 Å². The number of carbonyl (C=O) groups is 1. The zero-order chi connectivity index (χ0) is 11.5. The number of amides is 1. The number of pyridine rings is 1. The first kappa shape index (κ1) is 10.4. The van der Waals surface area contributed by atoms with E-state index >= 15 is 0 Å². The van der Waals surface area contributed by atoms with Crippen molar-refractivity contribution in [3.8, 4) is 0 Å². The van der Waals surface area contributed by atoms with Gasteiger partial charge in [0, 0.05) is 17.1 Å². The molecule has 0 aliphatic carbocycles. The van der Waals surface area contributed by atoms with Gasteiger partial charge in [-0.05, 0) is 12.1 Å². The van der Waals surface area contributed by atoms with Crippen LogP contribution in [0.5, 0.6) is 0 Å². The van der Waals surface area contributed by atoms with E-state index in [1.54, 1.807) is 18.2 Å². The topological polar surface area (TPSA) is 71.2 Å².